The van der Waals surface area contributed by atoms with E-state index in [1.54, 1.807) is 17.8 Å². The Kier molecular flexibility index (Phi) is 4.69. The lowest BCUT2D eigenvalue weighted by molar-refractivity contribution is 0.0601. The number of thioether (sulfide) groups is 1. The normalized spacial score (nSPS) is 10.3. The van der Waals surface area contributed by atoms with Crippen LogP contribution in [0, 0.1) is 6.92 Å². The van der Waals surface area contributed by atoms with Gasteiger partial charge in [0.1, 0.15) is 0 Å². The van der Waals surface area contributed by atoms with Gasteiger partial charge in [0.2, 0.25) is 0 Å². The lowest BCUT2D eigenvalue weighted by Crippen LogP contribution is -2.06. The van der Waals surface area contributed by atoms with Gasteiger partial charge in [0.05, 0.1) is 18.4 Å². The molecule has 0 bridgehead atoms. The van der Waals surface area contributed by atoms with Gasteiger partial charge in [-0.25, -0.2) is 4.79 Å². The molecule has 0 saturated heterocycles. The van der Waals surface area contributed by atoms with E-state index in [-0.39, 0.29) is 0 Å². The number of benzene rings is 2. The molecule has 0 aromatic heterocycles. The monoisotopic (exact) mass is 287 g/mol. The topological polar surface area (TPSA) is 52.3 Å². The lowest BCUT2D eigenvalue weighted by atomic mass is 10.2. The third-order valence-corrected chi connectivity index (χ3v) is 4.09. The van der Waals surface area contributed by atoms with E-state index in [1.807, 2.05) is 18.2 Å². The van der Waals surface area contributed by atoms with E-state index in [1.165, 1.54) is 18.2 Å². The number of anilines is 1. The van der Waals surface area contributed by atoms with Crippen LogP contribution in [0.2, 0.25) is 0 Å². The summed E-state index contributed by atoms with van der Waals surface area (Å²) >= 11 is 1.62. The molecule has 0 heterocycles. The van der Waals surface area contributed by atoms with Crippen molar-refractivity contribution in [3.05, 3.63) is 59.2 Å². The van der Waals surface area contributed by atoms with Crippen LogP contribution < -0.4 is 5.73 Å². The van der Waals surface area contributed by atoms with E-state index in [4.69, 9.17) is 10.5 Å². The summed E-state index contributed by atoms with van der Waals surface area (Å²) in [7, 11) is 1.36. The van der Waals surface area contributed by atoms with Crippen molar-refractivity contribution in [1.29, 1.82) is 0 Å². The van der Waals surface area contributed by atoms with Gasteiger partial charge in [-0.3, -0.25) is 0 Å². The molecule has 2 aromatic carbocycles. The highest BCUT2D eigenvalue weighted by molar-refractivity contribution is 7.98. The van der Waals surface area contributed by atoms with E-state index in [0.717, 1.165) is 10.6 Å². The number of para-hydroxylation sites is 1. The number of nitrogen functional groups attached to an aromatic ring is 1. The fraction of sp³-hybridized carbons (Fsp3) is 0.188. The van der Waals surface area contributed by atoms with Crippen LogP contribution in [0.25, 0.3) is 0 Å². The molecule has 0 aliphatic rings. The zero-order valence-corrected chi connectivity index (χ0v) is 12.4. The summed E-state index contributed by atoms with van der Waals surface area (Å²) in [6, 6.07) is 13.8. The molecule has 2 rings (SSSR count). The largest absolute Gasteiger partial charge is 0.465 e. The molecule has 2 N–H and O–H groups in total. The van der Waals surface area contributed by atoms with Gasteiger partial charge in [-0.1, -0.05) is 35.9 Å². The summed E-state index contributed by atoms with van der Waals surface area (Å²) in [5.41, 5.74) is 9.40. The lowest BCUT2D eigenvalue weighted by Gasteiger charge is -2.09. The predicted octanol–water partition coefficient (Wildman–Crippen LogP) is 3.66. The molecule has 0 atom stereocenters. The highest BCUT2D eigenvalue weighted by Crippen LogP contribution is 2.30. The molecule has 0 fully saturated rings. The Labute approximate surface area is 123 Å². The van der Waals surface area contributed by atoms with Crippen molar-refractivity contribution >= 4 is 23.4 Å². The zero-order valence-electron chi connectivity index (χ0n) is 11.6. The molecule has 0 saturated carbocycles. The Balaban J connectivity index is 2.16. The van der Waals surface area contributed by atoms with Crippen molar-refractivity contribution in [3.8, 4) is 0 Å². The highest BCUT2D eigenvalue weighted by atomic mass is 32.2. The first kappa shape index (κ1) is 14.5. The maximum atomic E-state index is 11.6. The van der Waals surface area contributed by atoms with Crippen molar-refractivity contribution in [1.82, 2.24) is 0 Å². The van der Waals surface area contributed by atoms with Crippen LogP contribution in [0.1, 0.15) is 21.5 Å². The van der Waals surface area contributed by atoms with Crippen molar-refractivity contribution in [3.63, 3.8) is 0 Å². The van der Waals surface area contributed by atoms with Gasteiger partial charge in [0.15, 0.2) is 0 Å². The molecular weight excluding hydrogens is 270 g/mol. The molecule has 3 nitrogen and oxygen atoms in total. The van der Waals surface area contributed by atoms with Gasteiger partial charge >= 0.3 is 5.97 Å². The molecule has 0 aliphatic carbocycles. The van der Waals surface area contributed by atoms with Crippen LogP contribution in [0.3, 0.4) is 0 Å². The first-order valence-corrected chi connectivity index (χ1v) is 7.25. The van der Waals surface area contributed by atoms with E-state index in [9.17, 15) is 4.79 Å². The highest BCUT2D eigenvalue weighted by Gasteiger charge is 2.12. The van der Waals surface area contributed by atoms with E-state index in [2.05, 4.69) is 25.1 Å². The summed E-state index contributed by atoms with van der Waals surface area (Å²) in [5.74, 6) is 0.414. The average molecular weight is 287 g/mol. The Bertz CT molecular complexity index is 626. The molecule has 4 heteroatoms. The second-order valence-corrected chi connectivity index (χ2v) is 5.50. The average Bonchev–Trinajstić information content (AvgIpc) is 2.45. The second kappa shape index (κ2) is 6.48. The summed E-state index contributed by atoms with van der Waals surface area (Å²) < 4.78 is 4.72. The molecule has 0 amide bonds. The van der Waals surface area contributed by atoms with Gasteiger partial charge in [0, 0.05) is 10.6 Å². The van der Waals surface area contributed by atoms with Crippen molar-refractivity contribution < 1.29 is 9.53 Å². The number of ether oxygens (including phenoxy) is 1. The second-order valence-electron chi connectivity index (χ2n) is 4.49. The van der Waals surface area contributed by atoms with E-state index >= 15 is 0 Å². The number of nitrogens with two attached hydrogens (primary N) is 1. The Morgan fingerprint density at radius 3 is 2.70 bits per heavy atom. The molecule has 0 spiro atoms. The number of hydrogen-bond donors (Lipinski definition) is 1. The molecular formula is C16H17NO2S. The fourth-order valence-corrected chi connectivity index (χ4v) is 2.86. The zero-order chi connectivity index (χ0) is 14.5. The third kappa shape index (κ3) is 3.33. The van der Waals surface area contributed by atoms with E-state index in [0.29, 0.717) is 11.3 Å². The number of esters is 1. The SMILES string of the molecule is COC(=O)c1cccc(SCc2cccc(C)c2)c1N. The van der Waals surface area contributed by atoms with Gasteiger partial charge in [-0.15, -0.1) is 11.8 Å². The number of carbonyl (C=O) groups is 1. The smallest absolute Gasteiger partial charge is 0.339 e. The molecule has 0 aliphatic heterocycles. The molecule has 2 aromatic rings. The van der Waals surface area contributed by atoms with Crippen LogP contribution in [0.4, 0.5) is 5.69 Å². The predicted molar refractivity (Wildman–Crippen MR) is 82.9 cm³/mol. The standard InChI is InChI=1S/C16H17NO2S/c1-11-5-3-6-12(9-11)10-20-14-8-4-7-13(15(14)17)16(18)19-2/h3-9H,10,17H2,1-2H3. The summed E-state index contributed by atoms with van der Waals surface area (Å²) in [6.45, 7) is 2.07. The fourth-order valence-electron chi connectivity index (χ4n) is 1.92. The number of rotatable bonds is 4. The number of carbonyl (C=O) groups excluding carboxylic acids is 1. The van der Waals surface area contributed by atoms with Crippen LogP contribution in [0.15, 0.2) is 47.4 Å². The van der Waals surface area contributed by atoms with Crippen LogP contribution in [0.5, 0.6) is 0 Å². The molecule has 0 unspecified atom stereocenters. The van der Waals surface area contributed by atoms with Gasteiger partial charge in [0.25, 0.3) is 0 Å². The Morgan fingerprint density at radius 2 is 2.00 bits per heavy atom. The number of hydrogen-bond acceptors (Lipinski definition) is 4. The van der Waals surface area contributed by atoms with Crippen molar-refractivity contribution in [2.45, 2.75) is 17.6 Å². The third-order valence-electron chi connectivity index (χ3n) is 2.95. The minimum absolute atomic E-state index is 0.402. The van der Waals surface area contributed by atoms with Crippen molar-refractivity contribution in [2.24, 2.45) is 0 Å². The van der Waals surface area contributed by atoms with Crippen LogP contribution in [-0.4, -0.2) is 13.1 Å². The Morgan fingerprint density at radius 1 is 1.25 bits per heavy atom. The molecule has 104 valence electrons. The minimum Gasteiger partial charge on any atom is -0.465 e. The van der Waals surface area contributed by atoms with E-state index < -0.39 is 5.97 Å². The van der Waals surface area contributed by atoms with Crippen LogP contribution in [-0.2, 0) is 10.5 Å². The molecule has 0 radical (unpaired) electrons. The summed E-state index contributed by atoms with van der Waals surface area (Å²) in [5, 5.41) is 0. The maximum Gasteiger partial charge on any atom is 0.339 e. The van der Waals surface area contributed by atoms with Gasteiger partial charge in [-0.05, 0) is 24.6 Å². The van der Waals surface area contributed by atoms with Crippen molar-refractivity contribution in [2.75, 3.05) is 12.8 Å². The first-order valence-electron chi connectivity index (χ1n) is 6.27. The number of methoxy groups -OCH3 is 1. The Hall–Kier alpha value is -1.94. The van der Waals surface area contributed by atoms with Gasteiger partial charge in [-0.2, -0.15) is 0 Å². The number of aryl methyl sites for hydroxylation is 1. The first-order chi connectivity index (χ1) is 9.61. The maximum absolute atomic E-state index is 11.6. The summed E-state index contributed by atoms with van der Waals surface area (Å²) in [4.78, 5) is 12.5. The quantitative estimate of drug-likeness (QED) is 0.530. The minimum atomic E-state index is -0.402. The van der Waals surface area contributed by atoms with Gasteiger partial charge < -0.3 is 10.5 Å². The van der Waals surface area contributed by atoms with Crippen LogP contribution >= 0.6 is 11.8 Å². The summed E-state index contributed by atoms with van der Waals surface area (Å²) in [6.07, 6.45) is 0. The molecule has 20 heavy (non-hydrogen) atoms.